The number of hydrogen-bond donors (Lipinski definition) is 2. The van der Waals surface area contributed by atoms with E-state index in [0.29, 0.717) is 17.4 Å². The van der Waals surface area contributed by atoms with Crippen LogP contribution in [0.3, 0.4) is 0 Å². The van der Waals surface area contributed by atoms with Crippen LogP contribution in [0.25, 0.3) is 5.70 Å². The lowest BCUT2D eigenvalue weighted by atomic mass is 9.89. The van der Waals surface area contributed by atoms with Crippen LogP contribution in [0.5, 0.6) is 0 Å². The SMILES string of the molecule is C=C(NCC1CCCCC1)c1cnc(Nc2cccc(C(F)(F)F)c2)cc1C(C)C. The molecular weight excluding hydrogens is 387 g/mol. The second-order valence-corrected chi connectivity index (χ2v) is 8.38. The summed E-state index contributed by atoms with van der Waals surface area (Å²) in [6.07, 6.45) is 3.83. The molecule has 0 atom stereocenters. The van der Waals surface area contributed by atoms with Crippen molar-refractivity contribution in [2.24, 2.45) is 5.92 Å². The minimum absolute atomic E-state index is 0.221. The van der Waals surface area contributed by atoms with Crippen LogP contribution in [0, 0.1) is 5.92 Å². The van der Waals surface area contributed by atoms with Gasteiger partial charge in [0.2, 0.25) is 0 Å². The van der Waals surface area contributed by atoms with Gasteiger partial charge in [0.1, 0.15) is 5.82 Å². The summed E-state index contributed by atoms with van der Waals surface area (Å²) in [6.45, 7) is 9.29. The summed E-state index contributed by atoms with van der Waals surface area (Å²) in [6, 6.07) is 7.04. The van der Waals surface area contributed by atoms with Gasteiger partial charge in [-0.25, -0.2) is 4.98 Å². The molecule has 30 heavy (non-hydrogen) atoms. The molecule has 162 valence electrons. The van der Waals surface area contributed by atoms with Crippen molar-refractivity contribution in [2.45, 2.75) is 58.0 Å². The molecule has 1 aromatic carbocycles. The zero-order chi connectivity index (χ0) is 21.7. The number of pyridine rings is 1. The highest BCUT2D eigenvalue weighted by atomic mass is 19.4. The normalized spacial score (nSPS) is 15.3. The van der Waals surface area contributed by atoms with Crippen LogP contribution in [0.1, 0.15) is 68.6 Å². The predicted molar refractivity (Wildman–Crippen MR) is 117 cm³/mol. The van der Waals surface area contributed by atoms with Crippen LogP contribution in [-0.4, -0.2) is 11.5 Å². The number of halogens is 3. The Labute approximate surface area is 176 Å². The van der Waals surface area contributed by atoms with Crippen molar-refractivity contribution >= 4 is 17.2 Å². The lowest BCUT2D eigenvalue weighted by Gasteiger charge is -2.24. The van der Waals surface area contributed by atoms with Crippen LogP contribution in [-0.2, 0) is 6.18 Å². The maximum absolute atomic E-state index is 13.0. The van der Waals surface area contributed by atoms with E-state index in [1.807, 2.05) is 6.07 Å². The van der Waals surface area contributed by atoms with Gasteiger partial charge in [0.15, 0.2) is 0 Å². The Morgan fingerprint density at radius 3 is 2.57 bits per heavy atom. The molecular formula is C24H30F3N3. The van der Waals surface area contributed by atoms with Gasteiger partial charge < -0.3 is 10.6 Å². The molecule has 0 radical (unpaired) electrons. The number of nitrogens with zero attached hydrogens (tertiary/aromatic N) is 1. The van der Waals surface area contributed by atoms with Gasteiger partial charge in [-0.2, -0.15) is 13.2 Å². The molecule has 0 saturated heterocycles. The first kappa shape index (κ1) is 22.2. The molecule has 0 aliphatic heterocycles. The van der Waals surface area contributed by atoms with Crippen molar-refractivity contribution in [1.29, 1.82) is 0 Å². The average molecular weight is 418 g/mol. The van der Waals surface area contributed by atoms with Crippen molar-refractivity contribution in [3.05, 3.63) is 59.8 Å². The molecule has 2 aromatic rings. The summed E-state index contributed by atoms with van der Waals surface area (Å²) < 4.78 is 38.9. The van der Waals surface area contributed by atoms with E-state index in [-0.39, 0.29) is 5.92 Å². The average Bonchev–Trinajstić information content (AvgIpc) is 2.72. The monoisotopic (exact) mass is 417 g/mol. The van der Waals surface area contributed by atoms with E-state index in [4.69, 9.17) is 0 Å². The predicted octanol–water partition coefficient (Wildman–Crippen LogP) is 7.11. The first-order valence-electron chi connectivity index (χ1n) is 10.6. The maximum atomic E-state index is 13.0. The highest BCUT2D eigenvalue weighted by Gasteiger charge is 2.30. The molecule has 0 amide bonds. The molecule has 1 aliphatic rings. The Balaban J connectivity index is 1.74. The zero-order valence-corrected chi connectivity index (χ0v) is 17.6. The molecule has 2 N–H and O–H groups in total. The van der Waals surface area contributed by atoms with Gasteiger partial charge in [0.25, 0.3) is 0 Å². The fourth-order valence-electron chi connectivity index (χ4n) is 3.94. The fraction of sp³-hybridized carbons (Fsp3) is 0.458. The molecule has 0 spiro atoms. The summed E-state index contributed by atoms with van der Waals surface area (Å²) in [7, 11) is 0. The Kier molecular flexibility index (Phi) is 7.06. The second kappa shape index (κ2) is 9.54. The van der Waals surface area contributed by atoms with E-state index >= 15 is 0 Å². The van der Waals surface area contributed by atoms with Crippen LogP contribution < -0.4 is 10.6 Å². The van der Waals surface area contributed by atoms with Crippen LogP contribution in [0.4, 0.5) is 24.7 Å². The van der Waals surface area contributed by atoms with E-state index < -0.39 is 11.7 Å². The van der Waals surface area contributed by atoms with Gasteiger partial charge in [-0.1, -0.05) is 45.8 Å². The van der Waals surface area contributed by atoms with Crippen molar-refractivity contribution in [1.82, 2.24) is 10.3 Å². The summed E-state index contributed by atoms with van der Waals surface area (Å²) in [4.78, 5) is 4.43. The van der Waals surface area contributed by atoms with Gasteiger partial charge in [-0.15, -0.1) is 0 Å². The Morgan fingerprint density at radius 1 is 1.17 bits per heavy atom. The van der Waals surface area contributed by atoms with Crippen molar-refractivity contribution in [3.8, 4) is 0 Å². The van der Waals surface area contributed by atoms with Crippen LogP contribution >= 0.6 is 0 Å². The molecule has 1 aromatic heterocycles. The number of aromatic nitrogens is 1. The Bertz CT molecular complexity index is 868. The molecule has 0 bridgehead atoms. The fourth-order valence-corrected chi connectivity index (χ4v) is 3.94. The maximum Gasteiger partial charge on any atom is 0.416 e. The van der Waals surface area contributed by atoms with Crippen LogP contribution in [0.2, 0.25) is 0 Å². The molecule has 1 fully saturated rings. The Hall–Kier alpha value is -2.50. The number of hydrogen-bond acceptors (Lipinski definition) is 3. The highest BCUT2D eigenvalue weighted by molar-refractivity contribution is 5.68. The molecule has 0 unspecified atom stereocenters. The molecule has 1 aliphatic carbocycles. The minimum atomic E-state index is -4.38. The van der Waals surface area contributed by atoms with E-state index in [2.05, 4.69) is 36.0 Å². The lowest BCUT2D eigenvalue weighted by molar-refractivity contribution is -0.137. The first-order valence-corrected chi connectivity index (χ1v) is 10.6. The van der Waals surface area contributed by atoms with Gasteiger partial charge in [0, 0.05) is 29.7 Å². The number of nitrogens with one attached hydrogen (secondary N) is 2. The highest BCUT2D eigenvalue weighted by Crippen LogP contribution is 2.32. The van der Waals surface area contributed by atoms with Crippen LogP contribution in [0.15, 0.2) is 43.1 Å². The summed E-state index contributed by atoms with van der Waals surface area (Å²) >= 11 is 0. The summed E-state index contributed by atoms with van der Waals surface area (Å²) in [5, 5.41) is 6.48. The minimum Gasteiger partial charge on any atom is -0.385 e. The largest absolute Gasteiger partial charge is 0.416 e. The quantitative estimate of drug-likeness (QED) is 0.504. The van der Waals surface area contributed by atoms with E-state index in [0.717, 1.165) is 35.5 Å². The number of benzene rings is 1. The zero-order valence-electron chi connectivity index (χ0n) is 17.6. The first-order chi connectivity index (χ1) is 14.2. The molecule has 3 nitrogen and oxygen atoms in total. The third-order valence-electron chi connectivity index (χ3n) is 5.67. The standard InChI is InChI=1S/C24H30F3N3/c1-16(2)21-13-23(30-20-11-7-10-19(12-20)24(25,26)27)29-15-22(21)17(3)28-14-18-8-5-4-6-9-18/h7,10-13,15-16,18,28H,3-6,8-9,14H2,1-2H3,(H,29,30). The number of anilines is 2. The molecule has 6 heteroatoms. The topological polar surface area (TPSA) is 37.0 Å². The third-order valence-corrected chi connectivity index (χ3v) is 5.67. The molecule has 1 heterocycles. The van der Waals surface area contributed by atoms with E-state index in [9.17, 15) is 13.2 Å². The van der Waals surface area contributed by atoms with Gasteiger partial charge >= 0.3 is 6.18 Å². The molecule has 1 saturated carbocycles. The van der Waals surface area contributed by atoms with Crippen molar-refractivity contribution < 1.29 is 13.2 Å². The number of alkyl halides is 3. The smallest absolute Gasteiger partial charge is 0.385 e. The number of rotatable bonds is 7. The van der Waals surface area contributed by atoms with E-state index in [1.165, 1.54) is 38.2 Å². The third kappa shape index (κ3) is 5.77. The van der Waals surface area contributed by atoms with Crippen molar-refractivity contribution in [2.75, 3.05) is 11.9 Å². The molecule has 3 rings (SSSR count). The van der Waals surface area contributed by atoms with Gasteiger partial charge in [-0.05, 0) is 54.5 Å². The van der Waals surface area contributed by atoms with E-state index in [1.54, 1.807) is 12.3 Å². The van der Waals surface area contributed by atoms with Crippen molar-refractivity contribution in [3.63, 3.8) is 0 Å². The van der Waals surface area contributed by atoms with Gasteiger partial charge in [-0.3, -0.25) is 0 Å². The summed E-state index contributed by atoms with van der Waals surface area (Å²) in [5.41, 5.74) is 2.53. The van der Waals surface area contributed by atoms with Gasteiger partial charge in [0.05, 0.1) is 5.56 Å². The summed E-state index contributed by atoms with van der Waals surface area (Å²) in [5.74, 6) is 1.42. The Morgan fingerprint density at radius 2 is 1.90 bits per heavy atom. The second-order valence-electron chi connectivity index (χ2n) is 8.38. The lowest BCUT2D eigenvalue weighted by Crippen LogP contribution is -2.23.